The van der Waals surface area contributed by atoms with Crippen LogP contribution in [0.3, 0.4) is 0 Å². The van der Waals surface area contributed by atoms with Crippen LogP contribution in [0.5, 0.6) is 0 Å². The summed E-state index contributed by atoms with van der Waals surface area (Å²) in [4.78, 5) is 0.397. The van der Waals surface area contributed by atoms with Gasteiger partial charge in [-0.15, -0.1) is 0 Å². The van der Waals surface area contributed by atoms with Gasteiger partial charge >= 0.3 is 0 Å². The van der Waals surface area contributed by atoms with Crippen molar-refractivity contribution in [1.29, 1.82) is 0 Å². The Hall–Kier alpha value is -1.63. The molecule has 1 fully saturated rings. The number of nitrogens with one attached hydrogen (secondary N) is 1. The third kappa shape index (κ3) is 3.88. The van der Waals surface area contributed by atoms with Gasteiger partial charge in [0.15, 0.2) is 0 Å². The highest BCUT2D eigenvalue weighted by atomic mass is 32.2. The quantitative estimate of drug-likeness (QED) is 0.872. The van der Waals surface area contributed by atoms with Gasteiger partial charge in [-0.05, 0) is 62.7 Å². The Labute approximate surface area is 144 Å². The second-order valence-corrected chi connectivity index (χ2v) is 8.22. The average Bonchev–Trinajstić information content (AvgIpc) is 3.09. The number of piperidine rings is 1. The SMILES string of the molecule is Cc1cccc(S(=O)(=O)N(CCn2cccc2)C2CCNCC2)c1. The van der Waals surface area contributed by atoms with Crippen molar-refractivity contribution in [3.63, 3.8) is 0 Å². The fourth-order valence-electron chi connectivity index (χ4n) is 3.24. The van der Waals surface area contributed by atoms with Gasteiger partial charge in [-0.1, -0.05) is 12.1 Å². The molecule has 1 aliphatic heterocycles. The van der Waals surface area contributed by atoms with Gasteiger partial charge in [0.05, 0.1) is 4.90 Å². The predicted octanol–water partition coefficient (Wildman–Crippen LogP) is 2.24. The smallest absolute Gasteiger partial charge is 0.243 e. The number of sulfonamides is 1. The van der Waals surface area contributed by atoms with E-state index in [1.54, 1.807) is 16.4 Å². The fourth-order valence-corrected chi connectivity index (χ4v) is 5.02. The molecule has 0 spiro atoms. The van der Waals surface area contributed by atoms with E-state index in [0.29, 0.717) is 18.0 Å². The number of hydrogen-bond acceptors (Lipinski definition) is 3. The van der Waals surface area contributed by atoms with E-state index in [1.807, 2.05) is 48.1 Å². The number of rotatable bonds is 6. The van der Waals surface area contributed by atoms with E-state index in [0.717, 1.165) is 31.5 Å². The Kier molecular flexibility index (Phi) is 5.38. The maximum absolute atomic E-state index is 13.2. The standard InChI is InChI=1S/C18H25N3O2S/c1-16-5-4-6-18(15-16)24(22,23)21(17-7-9-19-10-8-17)14-13-20-11-2-3-12-20/h2-6,11-12,15,17,19H,7-10,13-14H2,1H3. The second-order valence-electron chi connectivity index (χ2n) is 6.33. The molecular weight excluding hydrogens is 322 g/mol. The summed E-state index contributed by atoms with van der Waals surface area (Å²) >= 11 is 0. The first-order valence-corrected chi connectivity index (χ1v) is 9.91. The van der Waals surface area contributed by atoms with Gasteiger partial charge in [0.25, 0.3) is 0 Å². The van der Waals surface area contributed by atoms with Gasteiger partial charge < -0.3 is 9.88 Å². The van der Waals surface area contributed by atoms with Crippen LogP contribution in [0.15, 0.2) is 53.7 Å². The number of benzene rings is 1. The maximum Gasteiger partial charge on any atom is 0.243 e. The van der Waals surface area contributed by atoms with Gasteiger partial charge in [0.2, 0.25) is 10.0 Å². The monoisotopic (exact) mass is 347 g/mol. The molecule has 0 amide bonds. The lowest BCUT2D eigenvalue weighted by Gasteiger charge is -2.34. The summed E-state index contributed by atoms with van der Waals surface area (Å²) in [5.74, 6) is 0. The number of aromatic nitrogens is 1. The van der Waals surface area contributed by atoms with E-state index in [2.05, 4.69) is 5.32 Å². The minimum absolute atomic E-state index is 0.0623. The normalized spacial score (nSPS) is 16.6. The molecule has 0 unspecified atom stereocenters. The summed E-state index contributed by atoms with van der Waals surface area (Å²) in [7, 11) is -3.48. The molecule has 0 saturated carbocycles. The molecule has 1 aromatic heterocycles. The first-order chi connectivity index (χ1) is 11.6. The molecule has 1 aromatic carbocycles. The van der Waals surface area contributed by atoms with Crippen LogP contribution in [-0.2, 0) is 16.6 Å². The molecule has 1 aliphatic rings. The lowest BCUT2D eigenvalue weighted by molar-refractivity contribution is 0.255. The molecule has 0 bridgehead atoms. The van der Waals surface area contributed by atoms with Crippen LogP contribution in [0.2, 0.25) is 0 Å². The molecule has 24 heavy (non-hydrogen) atoms. The molecule has 2 heterocycles. The molecule has 1 N–H and O–H groups in total. The third-order valence-electron chi connectivity index (χ3n) is 4.56. The van der Waals surface area contributed by atoms with Crippen LogP contribution in [0.4, 0.5) is 0 Å². The minimum atomic E-state index is -3.48. The molecule has 130 valence electrons. The summed E-state index contributed by atoms with van der Waals surface area (Å²) in [6.07, 6.45) is 5.66. The fraction of sp³-hybridized carbons (Fsp3) is 0.444. The number of hydrogen-bond donors (Lipinski definition) is 1. The van der Waals surface area contributed by atoms with Gasteiger partial charge in [0, 0.05) is 31.5 Å². The summed E-state index contributed by atoms with van der Waals surface area (Å²) in [6.45, 7) is 4.83. The predicted molar refractivity (Wildman–Crippen MR) is 95.4 cm³/mol. The van der Waals surface area contributed by atoms with Gasteiger partial charge in [-0.3, -0.25) is 0 Å². The molecule has 0 aliphatic carbocycles. The number of nitrogens with zero attached hydrogens (tertiary/aromatic N) is 2. The van der Waals surface area contributed by atoms with Crippen molar-refractivity contribution in [2.45, 2.75) is 37.2 Å². The molecule has 3 rings (SSSR count). The highest BCUT2D eigenvalue weighted by Crippen LogP contribution is 2.23. The van der Waals surface area contributed by atoms with Crippen LogP contribution in [0.1, 0.15) is 18.4 Å². The Morgan fingerprint density at radius 2 is 1.88 bits per heavy atom. The van der Waals surface area contributed by atoms with Crippen LogP contribution < -0.4 is 5.32 Å². The summed E-state index contributed by atoms with van der Waals surface area (Å²) in [5.41, 5.74) is 0.965. The van der Waals surface area contributed by atoms with Crippen molar-refractivity contribution in [2.24, 2.45) is 0 Å². The highest BCUT2D eigenvalue weighted by molar-refractivity contribution is 7.89. The van der Waals surface area contributed by atoms with Crippen molar-refractivity contribution in [2.75, 3.05) is 19.6 Å². The van der Waals surface area contributed by atoms with Crippen LogP contribution in [0, 0.1) is 6.92 Å². The molecule has 1 saturated heterocycles. The molecule has 2 aromatic rings. The Bertz CT molecular complexity index is 750. The topological polar surface area (TPSA) is 54.3 Å². The molecule has 6 heteroatoms. The lowest BCUT2D eigenvalue weighted by atomic mass is 10.1. The maximum atomic E-state index is 13.2. The first kappa shape index (κ1) is 17.2. The van der Waals surface area contributed by atoms with Crippen LogP contribution in [-0.4, -0.2) is 43.0 Å². The zero-order valence-corrected chi connectivity index (χ0v) is 14.9. The zero-order valence-electron chi connectivity index (χ0n) is 14.1. The summed E-state index contributed by atoms with van der Waals surface area (Å²) < 4.78 is 30.2. The highest BCUT2D eigenvalue weighted by Gasteiger charge is 2.32. The van der Waals surface area contributed by atoms with E-state index >= 15 is 0 Å². The Morgan fingerprint density at radius 3 is 2.54 bits per heavy atom. The van der Waals surface area contributed by atoms with Gasteiger partial charge in [-0.2, -0.15) is 4.31 Å². The molecule has 0 atom stereocenters. The lowest BCUT2D eigenvalue weighted by Crippen LogP contribution is -2.47. The first-order valence-electron chi connectivity index (χ1n) is 8.47. The van der Waals surface area contributed by atoms with Crippen molar-refractivity contribution in [3.8, 4) is 0 Å². The molecule has 5 nitrogen and oxygen atoms in total. The zero-order chi connectivity index (χ0) is 17.0. The van der Waals surface area contributed by atoms with E-state index in [9.17, 15) is 8.42 Å². The third-order valence-corrected chi connectivity index (χ3v) is 6.50. The number of aryl methyl sites for hydroxylation is 1. The largest absolute Gasteiger partial charge is 0.353 e. The van der Waals surface area contributed by atoms with E-state index in [-0.39, 0.29) is 6.04 Å². The van der Waals surface area contributed by atoms with Crippen LogP contribution >= 0.6 is 0 Å². The van der Waals surface area contributed by atoms with E-state index < -0.39 is 10.0 Å². The average molecular weight is 347 g/mol. The van der Waals surface area contributed by atoms with E-state index in [1.165, 1.54) is 0 Å². The summed E-state index contributed by atoms with van der Waals surface area (Å²) in [5, 5.41) is 3.31. The van der Waals surface area contributed by atoms with E-state index in [4.69, 9.17) is 0 Å². The summed E-state index contributed by atoms with van der Waals surface area (Å²) in [6, 6.07) is 11.2. The molecular formula is C18H25N3O2S. The van der Waals surface area contributed by atoms with Crippen LogP contribution in [0.25, 0.3) is 0 Å². The molecule has 0 radical (unpaired) electrons. The Morgan fingerprint density at radius 1 is 1.17 bits per heavy atom. The van der Waals surface area contributed by atoms with Crippen molar-refractivity contribution < 1.29 is 8.42 Å². The van der Waals surface area contributed by atoms with Gasteiger partial charge in [0.1, 0.15) is 0 Å². The second kappa shape index (κ2) is 7.51. The minimum Gasteiger partial charge on any atom is -0.353 e. The van der Waals surface area contributed by atoms with Gasteiger partial charge in [-0.25, -0.2) is 8.42 Å². The van der Waals surface area contributed by atoms with Crippen molar-refractivity contribution >= 4 is 10.0 Å². The van der Waals surface area contributed by atoms with Crippen molar-refractivity contribution in [1.82, 2.24) is 14.2 Å². The van der Waals surface area contributed by atoms with Crippen molar-refractivity contribution in [3.05, 3.63) is 54.4 Å². The Balaban J connectivity index is 1.87.